The van der Waals surface area contributed by atoms with Gasteiger partial charge in [0.15, 0.2) is 0 Å². The van der Waals surface area contributed by atoms with E-state index in [0.717, 1.165) is 0 Å². The Kier molecular flexibility index (Phi) is 5.88. The molecule has 1 rings (SSSR count). The lowest BCUT2D eigenvalue weighted by molar-refractivity contribution is -0.139. The van der Waals surface area contributed by atoms with Gasteiger partial charge in [0.1, 0.15) is 12.4 Å². The second kappa shape index (κ2) is 7.67. The van der Waals surface area contributed by atoms with Gasteiger partial charge in [0, 0.05) is 12.6 Å². The standard InChI is InChI=1S/C11H15N5O4/c12-9(17)2-1-8(10(18)19)16-11(20)14-5-7-3-4-13-6-15-7/h3-4,6,8H,1-2,5H2,(H2,12,17)(H,18,19)(H2,14,16,20)/t8-/m1/s1. The Morgan fingerprint density at radius 2 is 2.15 bits per heavy atom. The lowest BCUT2D eigenvalue weighted by Crippen LogP contribution is -2.46. The summed E-state index contributed by atoms with van der Waals surface area (Å²) >= 11 is 0. The minimum absolute atomic E-state index is 0.0639. The van der Waals surface area contributed by atoms with Crippen molar-refractivity contribution in [2.24, 2.45) is 5.73 Å². The third kappa shape index (κ3) is 5.76. The maximum absolute atomic E-state index is 11.5. The van der Waals surface area contributed by atoms with Crippen LogP contribution in [0.2, 0.25) is 0 Å². The number of nitrogens with zero attached hydrogens (tertiary/aromatic N) is 2. The van der Waals surface area contributed by atoms with E-state index in [4.69, 9.17) is 10.8 Å². The predicted molar refractivity (Wildman–Crippen MR) is 67.3 cm³/mol. The number of nitrogens with one attached hydrogen (secondary N) is 2. The molecule has 0 spiro atoms. The summed E-state index contributed by atoms with van der Waals surface area (Å²) in [7, 11) is 0. The van der Waals surface area contributed by atoms with E-state index in [9.17, 15) is 14.4 Å². The molecule has 0 fully saturated rings. The van der Waals surface area contributed by atoms with Crippen LogP contribution in [0.3, 0.4) is 0 Å². The number of aromatic nitrogens is 2. The van der Waals surface area contributed by atoms with Gasteiger partial charge in [0.05, 0.1) is 12.2 Å². The zero-order chi connectivity index (χ0) is 15.0. The zero-order valence-corrected chi connectivity index (χ0v) is 10.6. The number of carboxylic acids is 1. The van der Waals surface area contributed by atoms with Gasteiger partial charge >= 0.3 is 12.0 Å². The summed E-state index contributed by atoms with van der Waals surface area (Å²) in [5.74, 6) is -1.86. The number of carbonyl (C=O) groups excluding carboxylic acids is 2. The van der Waals surface area contributed by atoms with Crippen molar-refractivity contribution in [1.29, 1.82) is 0 Å². The molecule has 9 heteroatoms. The minimum atomic E-state index is -1.23. The molecule has 0 bridgehead atoms. The fourth-order valence-electron chi connectivity index (χ4n) is 1.35. The molecule has 1 aromatic heterocycles. The van der Waals surface area contributed by atoms with Crippen LogP contribution in [0.25, 0.3) is 0 Å². The van der Waals surface area contributed by atoms with Gasteiger partial charge in [0.2, 0.25) is 5.91 Å². The molecule has 0 aliphatic carbocycles. The topological polar surface area (TPSA) is 147 Å². The molecule has 0 aliphatic heterocycles. The number of primary amides is 1. The van der Waals surface area contributed by atoms with E-state index >= 15 is 0 Å². The molecule has 0 unspecified atom stereocenters. The van der Waals surface area contributed by atoms with Gasteiger partial charge in [-0.2, -0.15) is 0 Å². The quantitative estimate of drug-likeness (QED) is 0.503. The number of aliphatic carboxylic acids is 1. The fraction of sp³-hybridized carbons (Fsp3) is 0.364. The highest BCUT2D eigenvalue weighted by Gasteiger charge is 2.20. The van der Waals surface area contributed by atoms with E-state index in [1.165, 1.54) is 12.5 Å². The summed E-state index contributed by atoms with van der Waals surface area (Å²) in [6.07, 6.45) is 2.67. The largest absolute Gasteiger partial charge is 0.480 e. The molecule has 5 N–H and O–H groups in total. The number of rotatable bonds is 7. The molecule has 0 saturated heterocycles. The molecule has 1 aromatic rings. The highest BCUT2D eigenvalue weighted by atomic mass is 16.4. The summed E-state index contributed by atoms with van der Waals surface area (Å²) in [5.41, 5.74) is 5.51. The Balaban J connectivity index is 2.41. The number of urea groups is 1. The second-order valence-electron chi connectivity index (χ2n) is 3.92. The van der Waals surface area contributed by atoms with Crippen LogP contribution in [0, 0.1) is 0 Å². The molecular weight excluding hydrogens is 266 g/mol. The van der Waals surface area contributed by atoms with Crippen LogP contribution >= 0.6 is 0 Å². The first-order valence-corrected chi connectivity index (χ1v) is 5.79. The van der Waals surface area contributed by atoms with Crippen LogP contribution in [0.1, 0.15) is 18.5 Å². The summed E-state index contributed by atoms with van der Waals surface area (Å²) in [5, 5.41) is 13.6. The Labute approximate surface area is 114 Å². The first-order valence-electron chi connectivity index (χ1n) is 5.79. The minimum Gasteiger partial charge on any atom is -0.480 e. The second-order valence-corrected chi connectivity index (χ2v) is 3.92. The molecule has 9 nitrogen and oxygen atoms in total. The number of nitrogens with two attached hydrogens (primary N) is 1. The number of hydrogen-bond acceptors (Lipinski definition) is 5. The van der Waals surface area contributed by atoms with Gasteiger partial charge in [-0.05, 0) is 12.5 Å². The fourth-order valence-corrected chi connectivity index (χ4v) is 1.35. The van der Waals surface area contributed by atoms with Crippen molar-refractivity contribution in [2.45, 2.75) is 25.4 Å². The lowest BCUT2D eigenvalue weighted by Gasteiger charge is -2.14. The maximum Gasteiger partial charge on any atom is 0.326 e. The Hall–Kier alpha value is -2.71. The average molecular weight is 281 g/mol. The van der Waals surface area contributed by atoms with Gasteiger partial charge in [-0.1, -0.05) is 0 Å². The molecular formula is C11H15N5O4. The van der Waals surface area contributed by atoms with Crippen molar-refractivity contribution in [1.82, 2.24) is 20.6 Å². The molecule has 0 aromatic carbocycles. The number of carboxylic acid groups (broad SMARTS) is 1. The van der Waals surface area contributed by atoms with Gasteiger partial charge in [-0.3, -0.25) is 4.79 Å². The third-order valence-corrected chi connectivity index (χ3v) is 2.36. The van der Waals surface area contributed by atoms with Crippen molar-refractivity contribution < 1.29 is 19.5 Å². The maximum atomic E-state index is 11.5. The van der Waals surface area contributed by atoms with Crippen LogP contribution in [0.5, 0.6) is 0 Å². The van der Waals surface area contributed by atoms with Crippen molar-refractivity contribution >= 4 is 17.9 Å². The van der Waals surface area contributed by atoms with Crippen LogP contribution < -0.4 is 16.4 Å². The number of amides is 3. The van der Waals surface area contributed by atoms with Gasteiger partial charge in [0.25, 0.3) is 0 Å². The molecule has 1 heterocycles. The van der Waals surface area contributed by atoms with E-state index in [1.807, 2.05) is 0 Å². The average Bonchev–Trinajstić information content (AvgIpc) is 2.41. The first-order chi connectivity index (χ1) is 9.49. The molecule has 1 atom stereocenters. The molecule has 0 aliphatic rings. The normalized spacial score (nSPS) is 11.4. The SMILES string of the molecule is NC(=O)CC[C@@H](NC(=O)NCc1ccncn1)C(=O)O. The highest BCUT2D eigenvalue weighted by molar-refractivity contribution is 5.83. The Morgan fingerprint density at radius 3 is 2.70 bits per heavy atom. The molecule has 3 amide bonds. The summed E-state index contributed by atoms with van der Waals surface area (Å²) in [6, 6.07) is -0.226. The number of carbonyl (C=O) groups is 3. The Bertz CT molecular complexity index is 479. The first kappa shape index (κ1) is 15.3. The Morgan fingerprint density at radius 1 is 1.40 bits per heavy atom. The van der Waals surface area contributed by atoms with E-state index in [2.05, 4.69) is 20.6 Å². The van der Waals surface area contributed by atoms with Crippen LogP contribution in [-0.4, -0.2) is 39.0 Å². The van der Waals surface area contributed by atoms with Crippen molar-refractivity contribution in [3.8, 4) is 0 Å². The third-order valence-electron chi connectivity index (χ3n) is 2.36. The molecule has 0 radical (unpaired) electrons. The smallest absolute Gasteiger partial charge is 0.326 e. The molecule has 0 saturated carbocycles. The van der Waals surface area contributed by atoms with Crippen LogP contribution in [0.15, 0.2) is 18.6 Å². The molecule has 20 heavy (non-hydrogen) atoms. The predicted octanol–water partition coefficient (Wildman–Crippen LogP) is -1.01. The van der Waals surface area contributed by atoms with Gasteiger partial charge < -0.3 is 21.5 Å². The van der Waals surface area contributed by atoms with Crippen molar-refractivity contribution in [3.63, 3.8) is 0 Å². The van der Waals surface area contributed by atoms with E-state index in [0.29, 0.717) is 5.69 Å². The van der Waals surface area contributed by atoms with Crippen LogP contribution in [-0.2, 0) is 16.1 Å². The summed E-state index contributed by atoms with van der Waals surface area (Å²) in [6.45, 7) is 0.135. The highest BCUT2D eigenvalue weighted by Crippen LogP contribution is 1.97. The molecule has 108 valence electrons. The van der Waals surface area contributed by atoms with E-state index in [1.54, 1.807) is 6.07 Å². The van der Waals surface area contributed by atoms with Gasteiger partial charge in [-0.15, -0.1) is 0 Å². The van der Waals surface area contributed by atoms with Crippen LogP contribution in [0.4, 0.5) is 4.79 Å². The number of hydrogen-bond donors (Lipinski definition) is 4. The lowest BCUT2D eigenvalue weighted by atomic mass is 10.1. The van der Waals surface area contributed by atoms with E-state index < -0.39 is 23.9 Å². The summed E-state index contributed by atoms with van der Waals surface area (Å²) < 4.78 is 0. The zero-order valence-electron chi connectivity index (χ0n) is 10.6. The van der Waals surface area contributed by atoms with E-state index in [-0.39, 0.29) is 19.4 Å². The summed E-state index contributed by atoms with van der Waals surface area (Å²) in [4.78, 5) is 40.7. The van der Waals surface area contributed by atoms with Gasteiger partial charge in [-0.25, -0.2) is 19.6 Å². The van der Waals surface area contributed by atoms with Crippen molar-refractivity contribution in [3.05, 3.63) is 24.3 Å². The van der Waals surface area contributed by atoms with Crippen molar-refractivity contribution in [2.75, 3.05) is 0 Å². The monoisotopic (exact) mass is 281 g/mol.